The lowest BCUT2D eigenvalue weighted by Crippen LogP contribution is -2.39. The van der Waals surface area contributed by atoms with Gasteiger partial charge >= 0.3 is 6.09 Å². The van der Waals surface area contributed by atoms with E-state index in [0.717, 1.165) is 45.5 Å². The second kappa shape index (κ2) is 7.45. The van der Waals surface area contributed by atoms with Gasteiger partial charge in [-0.1, -0.05) is 0 Å². The van der Waals surface area contributed by atoms with E-state index < -0.39 is 5.60 Å². The Morgan fingerprint density at radius 3 is 2.67 bits per heavy atom. The first-order valence-electron chi connectivity index (χ1n) is 8.27. The van der Waals surface area contributed by atoms with Crippen molar-refractivity contribution in [3.8, 4) is 0 Å². The quantitative estimate of drug-likeness (QED) is 0.734. The van der Waals surface area contributed by atoms with Crippen molar-refractivity contribution < 1.29 is 14.3 Å². The highest BCUT2D eigenvalue weighted by molar-refractivity contribution is 5.69. The largest absolute Gasteiger partial charge is 0.444 e. The number of hydrogen-bond acceptors (Lipinski definition) is 4. The number of nitrogens with one attached hydrogen (secondary N) is 1. The number of hydrogen-bond donors (Lipinski definition) is 1. The van der Waals surface area contributed by atoms with Crippen molar-refractivity contribution in [2.24, 2.45) is 0 Å². The highest BCUT2D eigenvalue weighted by Gasteiger charge is 2.34. The standard InChI is InChI=1S/C16H30N2O3/c1-16(2,3)21-15(19)18(13-7-8-13)10-5-9-17-12-14-6-4-11-20-14/h13-14,17H,4-12H2,1-3H3. The molecule has 2 aliphatic rings. The number of rotatable bonds is 7. The van der Waals surface area contributed by atoms with Crippen LogP contribution in [0.2, 0.25) is 0 Å². The van der Waals surface area contributed by atoms with E-state index in [1.807, 2.05) is 25.7 Å². The van der Waals surface area contributed by atoms with Crippen molar-refractivity contribution in [1.82, 2.24) is 10.2 Å². The fourth-order valence-electron chi connectivity index (χ4n) is 2.57. The molecule has 2 fully saturated rings. The van der Waals surface area contributed by atoms with E-state index in [1.54, 1.807) is 0 Å². The molecule has 0 aromatic carbocycles. The summed E-state index contributed by atoms with van der Waals surface area (Å²) in [5.41, 5.74) is -0.414. The van der Waals surface area contributed by atoms with Gasteiger partial charge < -0.3 is 19.7 Å². The van der Waals surface area contributed by atoms with Gasteiger partial charge in [0.1, 0.15) is 5.60 Å². The third kappa shape index (κ3) is 6.22. The van der Waals surface area contributed by atoms with E-state index in [4.69, 9.17) is 9.47 Å². The van der Waals surface area contributed by atoms with Crippen molar-refractivity contribution in [3.63, 3.8) is 0 Å². The Morgan fingerprint density at radius 1 is 1.33 bits per heavy atom. The van der Waals surface area contributed by atoms with Gasteiger partial charge in [0.2, 0.25) is 0 Å². The van der Waals surface area contributed by atoms with Crippen LogP contribution in [-0.4, -0.2) is 55.0 Å². The maximum absolute atomic E-state index is 12.2. The lowest BCUT2D eigenvalue weighted by Gasteiger charge is -2.27. The van der Waals surface area contributed by atoms with E-state index in [0.29, 0.717) is 12.1 Å². The highest BCUT2D eigenvalue weighted by Crippen LogP contribution is 2.28. The Hall–Kier alpha value is -0.810. The predicted octanol–water partition coefficient (Wildman–Crippen LogP) is 2.54. The smallest absolute Gasteiger partial charge is 0.410 e. The Bertz CT molecular complexity index is 331. The molecule has 122 valence electrons. The van der Waals surface area contributed by atoms with Crippen LogP contribution in [0.1, 0.15) is 52.9 Å². The first-order chi connectivity index (χ1) is 9.96. The topological polar surface area (TPSA) is 50.8 Å². The van der Waals surface area contributed by atoms with E-state index in [9.17, 15) is 4.79 Å². The molecule has 1 heterocycles. The van der Waals surface area contributed by atoms with Gasteiger partial charge in [-0.05, 0) is 59.4 Å². The van der Waals surface area contributed by atoms with Gasteiger partial charge in [0, 0.05) is 25.7 Å². The van der Waals surface area contributed by atoms with Crippen LogP contribution in [0.25, 0.3) is 0 Å². The van der Waals surface area contributed by atoms with Crippen molar-refractivity contribution >= 4 is 6.09 Å². The summed E-state index contributed by atoms with van der Waals surface area (Å²) >= 11 is 0. The second-order valence-corrected chi connectivity index (χ2v) is 7.10. The number of ether oxygens (including phenoxy) is 2. The highest BCUT2D eigenvalue weighted by atomic mass is 16.6. The summed E-state index contributed by atoms with van der Waals surface area (Å²) in [6.07, 6.45) is 5.76. The summed E-state index contributed by atoms with van der Waals surface area (Å²) in [5.74, 6) is 0. The Kier molecular flexibility index (Phi) is 5.88. The van der Waals surface area contributed by atoms with Crippen LogP contribution in [0, 0.1) is 0 Å². The molecule has 0 aromatic rings. The van der Waals surface area contributed by atoms with Crippen LogP contribution >= 0.6 is 0 Å². The van der Waals surface area contributed by atoms with Gasteiger partial charge in [-0.3, -0.25) is 0 Å². The molecule has 0 spiro atoms. The molecule has 2 rings (SSSR count). The molecule has 5 nitrogen and oxygen atoms in total. The van der Waals surface area contributed by atoms with Crippen LogP contribution in [-0.2, 0) is 9.47 Å². The molecular formula is C16H30N2O3. The van der Waals surface area contributed by atoms with Crippen LogP contribution in [0.4, 0.5) is 4.79 Å². The normalized spacial score (nSPS) is 22.3. The summed E-state index contributed by atoms with van der Waals surface area (Å²) in [6, 6.07) is 0.401. The second-order valence-electron chi connectivity index (χ2n) is 7.10. The van der Waals surface area contributed by atoms with Gasteiger partial charge in [-0.15, -0.1) is 0 Å². The van der Waals surface area contributed by atoms with E-state index in [-0.39, 0.29) is 6.09 Å². The SMILES string of the molecule is CC(C)(C)OC(=O)N(CCCNCC1CCCO1)C1CC1. The van der Waals surface area contributed by atoms with Crippen LogP contribution in [0.5, 0.6) is 0 Å². The van der Waals surface area contributed by atoms with E-state index >= 15 is 0 Å². The molecule has 1 aliphatic carbocycles. The first-order valence-corrected chi connectivity index (χ1v) is 8.27. The minimum Gasteiger partial charge on any atom is -0.444 e. The molecule has 5 heteroatoms. The zero-order chi connectivity index (χ0) is 15.3. The molecule has 0 radical (unpaired) electrons. The summed E-state index contributed by atoms with van der Waals surface area (Å²) in [6.45, 7) is 9.28. The molecule has 1 amide bonds. The lowest BCUT2D eigenvalue weighted by molar-refractivity contribution is 0.0231. The third-order valence-electron chi connectivity index (χ3n) is 3.76. The van der Waals surface area contributed by atoms with E-state index in [2.05, 4.69) is 5.32 Å². The van der Waals surface area contributed by atoms with Gasteiger partial charge in [-0.2, -0.15) is 0 Å². The van der Waals surface area contributed by atoms with Crippen LogP contribution in [0.3, 0.4) is 0 Å². The summed E-state index contributed by atoms with van der Waals surface area (Å²) < 4.78 is 11.1. The molecule has 1 aliphatic heterocycles. The van der Waals surface area contributed by atoms with Gasteiger partial charge in [-0.25, -0.2) is 4.79 Å². The van der Waals surface area contributed by atoms with Gasteiger partial charge in [0.15, 0.2) is 0 Å². The fourth-order valence-corrected chi connectivity index (χ4v) is 2.57. The number of carbonyl (C=O) groups excluding carboxylic acids is 1. The van der Waals surface area contributed by atoms with Crippen molar-refractivity contribution in [1.29, 1.82) is 0 Å². The fraction of sp³-hybridized carbons (Fsp3) is 0.938. The van der Waals surface area contributed by atoms with Crippen molar-refractivity contribution in [2.75, 3.05) is 26.2 Å². The molecule has 0 bridgehead atoms. The van der Waals surface area contributed by atoms with E-state index in [1.165, 1.54) is 12.8 Å². The van der Waals surface area contributed by atoms with Crippen LogP contribution in [0.15, 0.2) is 0 Å². The molecule has 1 N–H and O–H groups in total. The van der Waals surface area contributed by atoms with Crippen LogP contribution < -0.4 is 5.32 Å². The molecule has 1 saturated heterocycles. The Balaban J connectivity index is 1.62. The zero-order valence-corrected chi connectivity index (χ0v) is 13.7. The zero-order valence-electron chi connectivity index (χ0n) is 13.7. The number of nitrogens with zero attached hydrogens (tertiary/aromatic N) is 1. The maximum atomic E-state index is 12.2. The summed E-state index contributed by atoms with van der Waals surface area (Å²) in [4.78, 5) is 14.1. The lowest BCUT2D eigenvalue weighted by atomic mass is 10.2. The monoisotopic (exact) mass is 298 g/mol. The minimum atomic E-state index is -0.414. The average molecular weight is 298 g/mol. The minimum absolute atomic E-state index is 0.163. The average Bonchev–Trinajstić information content (AvgIpc) is 3.07. The Labute approximate surface area is 128 Å². The molecular weight excluding hydrogens is 268 g/mol. The maximum Gasteiger partial charge on any atom is 0.410 e. The molecule has 21 heavy (non-hydrogen) atoms. The number of amides is 1. The number of carbonyl (C=O) groups is 1. The molecule has 1 saturated carbocycles. The predicted molar refractivity (Wildman–Crippen MR) is 82.4 cm³/mol. The van der Waals surface area contributed by atoms with Crippen molar-refractivity contribution in [2.45, 2.75) is 70.6 Å². The van der Waals surface area contributed by atoms with Crippen molar-refractivity contribution in [3.05, 3.63) is 0 Å². The summed E-state index contributed by atoms with van der Waals surface area (Å²) in [5, 5.41) is 3.43. The molecule has 1 unspecified atom stereocenters. The first kappa shape index (κ1) is 16.6. The summed E-state index contributed by atoms with van der Waals surface area (Å²) in [7, 11) is 0. The third-order valence-corrected chi connectivity index (χ3v) is 3.76. The Morgan fingerprint density at radius 2 is 2.10 bits per heavy atom. The van der Waals surface area contributed by atoms with Gasteiger partial charge in [0.05, 0.1) is 6.10 Å². The van der Waals surface area contributed by atoms with Gasteiger partial charge in [0.25, 0.3) is 0 Å². The molecule has 1 atom stereocenters. The molecule has 0 aromatic heterocycles.